The summed E-state index contributed by atoms with van der Waals surface area (Å²) in [6, 6.07) is 6.87. The van der Waals surface area contributed by atoms with Gasteiger partial charge in [-0.2, -0.15) is 5.10 Å². The number of H-pyrrole nitrogens is 1. The maximum Gasteiger partial charge on any atom is 0.306 e. The number of carbonyl (C=O) groups is 1. The minimum absolute atomic E-state index is 0.217. The van der Waals surface area contributed by atoms with Crippen LogP contribution in [0, 0.1) is 19.7 Å². The molecule has 1 aromatic heterocycles. The van der Waals surface area contributed by atoms with Crippen LogP contribution in [-0.2, 0) is 9.53 Å². The number of aryl methyl sites for hydroxylation is 2. The van der Waals surface area contributed by atoms with Crippen LogP contribution in [0.5, 0.6) is 0 Å². The lowest BCUT2D eigenvalue weighted by Gasteiger charge is -2.18. The van der Waals surface area contributed by atoms with Gasteiger partial charge in [0.1, 0.15) is 11.9 Å². The van der Waals surface area contributed by atoms with Crippen molar-refractivity contribution < 1.29 is 13.9 Å². The minimum Gasteiger partial charge on any atom is -0.457 e. The van der Waals surface area contributed by atoms with Crippen molar-refractivity contribution in [2.45, 2.75) is 60.0 Å². The molecule has 1 unspecified atom stereocenters. The number of esters is 1. The number of aromatic nitrogens is 2. The van der Waals surface area contributed by atoms with Crippen LogP contribution in [0.25, 0.3) is 5.57 Å². The molecule has 0 fully saturated rings. The third-order valence-corrected chi connectivity index (χ3v) is 4.31. The van der Waals surface area contributed by atoms with Gasteiger partial charge in [0, 0.05) is 17.7 Å². The van der Waals surface area contributed by atoms with Crippen molar-refractivity contribution in [2.24, 2.45) is 0 Å². The SMILES string of the molecule is C=C/C=C(\C=C/C)c1cc(C)[nH]n1.CCCC(OC(=O)CC)c1ccc(F)c(C)c1. The zero-order valence-electron chi connectivity index (χ0n) is 18.7. The van der Waals surface area contributed by atoms with Crippen LogP contribution in [0.4, 0.5) is 4.39 Å². The summed E-state index contributed by atoms with van der Waals surface area (Å²) in [4.78, 5) is 11.3. The first kappa shape index (κ1) is 25.1. The molecule has 0 amide bonds. The molecule has 4 nitrogen and oxygen atoms in total. The van der Waals surface area contributed by atoms with E-state index in [2.05, 4.69) is 16.8 Å². The molecule has 1 N–H and O–H groups in total. The summed E-state index contributed by atoms with van der Waals surface area (Å²) in [6.07, 6.45) is 9.48. The van der Waals surface area contributed by atoms with E-state index in [1.165, 1.54) is 6.07 Å². The summed E-state index contributed by atoms with van der Waals surface area (Å²) in [5.74, 6) is -0.448. The van der Waals surface area contributed by atoms with Gasteiger partial charge in [-0.05, 0) is 56.5 Å². The first-order valence-corrected chi connectivity index (χ1v) is 10.3. The average molecular weight is 413 g/mol. The molecule has 30 heavy (non-hydrogen) atoms. The zero-order chi connectivity index (χ0) is 22.5. The Labute approximate surface area is 179 Å². The van der Waals surface area contributed by atoms with Gasteiger partial charge in [0.25, 0.3) is 0 Å². The molecule has 0 saturated heterocycles. The van der Waals surface area contributed by atoms with Gasteiger partial charge in [-0.1, -0.05) is 57.2 Å². The Balaban J connectivity index is 0.000000311. The molecule has 2 aromatic rings. The van der Waals surface area contributed by atoms with E-state index in [1.54, 1.807) is 32.1 Å². The van der Waals surface area contributed by atoms with E-state index in [4.69, 9.17) is 4.74 Å². The van der Waals surface area contributed by atoms with Gasteiger partial charge in [0.2, 0.25) is 0 Å². The van der Waals surface area contributed by atoms with Crippen molar-refractivity contribution in [3.05, 3.63) is 83.5 Å². The fraction of sp³-hybridized carbons (Fsp3) is 0.360. The quantitative estimate of drug-likeness (QED) is 0.383. The largest absolute Gasteiger partial charge is 0.457 e. The molecule has 0 bridgehead atoms. The average Bonchev–Trinajstić information content (AvgIpc) is 3.16. The van der Waals surface area contributed by atoms with Gasteiger partial charge in [-0.25, -0.2) is 4.39 Å². The zero-order valence-corrected chi connectivity index (χ0v) is 18.7. The van der Waals surface area contributed by atoms with E-state index < -0.39 is 0 Å². The number of nitrogens with one attached hydrogen (secondary N) is 1. The Morgan fingerprint density at radius 2 is 2.03 bits per heavy atom. The van der Waals surface area contributed by atoms with Gasteiger partial charge in [-0.3, -0.25) is 9.89 Å². The number of carbonyl (C=O) groups excluding carboxylic acids is 1. The highest BCUT2D eigenvalue weighted by atomic mass is 19.1. The van der Waals surface area contributed by atoms with Crippen molar-refractivity contribution in [1.29, 1.82) is 0 Å². The maximum absolute atomic E-state index is 13.2. The number of hydrogen-bond donors (Lipinski definition) is 1. The fourth-order valence-corrected chi connectivity index (χ4v) is 2.76. The summed E-state index contributed by atoms with van der Waals surface area (Å²) >= 11 is 0. The number of ether oxygens (including phenoxy) is 1. The molecule has 162 valence electrons. The topological polar surface area (TPSA) is 55.0 Å². The molecular formula is C25H33FN2O2. The van der Waals surface area contributed by atoms with Gasteiger partial charge in [0.05, 0.1) is 5.69 Å². The van der Waals surface area contributed by atoms with Crippen molar-refractivity contribution in [1.82, 2.24) is 10.2 Å². The lowest BCUT2D eigenvalue weighted by atomic mass is 10.0. The summed E-state index contributed by atoms with van der Waals surface area (Å²) in [6.45, 7) is 13.1. The van der Waals surface area contributed by atoms with E-state index in [9.17, 15) is 9.18 Å². The van der Waals surface area contributed by atoms with Crippen LogP contribution in [0.15, 0.2) is 55.1 Å². The lowest BCUT2D eigenvalue weighted by Crippen LogP contribution is -2.10. The number of benzene rings is 1. The highest BCUT2D eigenvalue weighted by molar-refractivity contribution is 5.72. The predicted molar refractivity (Wildman–Crippen MR) is 121 cm³/mol. The Bertz CT molecular complexity index is 881. The molecule has 1 heterocycles. The highest BCUT2D eigenvalue weighted by Crippen LogP contribution is 2.25. The third-order valence-electron chi connectivity index (χ3n) is 4.31. The van der Waals surface area contributed by atoms with E-state index in [1.807, 2.05) is 45.1 Å². The Kier molecular flexibility index (Phi) is 11.1. The fourth-order valence-electron chi connectivity index (χ4n) is 2.76. The second-order valence-electron chi connectivity index (χ2n) is 6.92. The third kappa shape index (κ3) is 8.19. The minimum atomic E-state index is -0.258. The number of rotatable bonds is 8. The van der Waals surface area contributed by atoms with Crippen LogP contribution in [0.1, 0.15) is 68.7 Å². The summed E-state index contributed by atoms with van der Waals surface area (Å²) in [5, 5.41) is 7.07. The molecule has 0 spiro atoms. The van der Waals surface area contributed by atoms with Crippen LogP contribution in [0.2, 0.25) is 0 Å². The normalized spacial score (nSPS) is 12.3. The Morgan fingerprint density at radius 1 is 1.30 bits per heavy atom. The molecule has 0 aliphatic carbocycles. The van der Waals surface area contributed by atoms with Crippen LogP contribution >= 0.6 is 0 Å². The number of allylic oxidation sites excluding steroid dienone is 5. The van der Waals surface area contributed by atoms with E-state index in [0.29, 0.717) is 12.0 Å². The van der Waals surface area contributed by atoms with Gasteiger partial charge in [0.15, 0.2) is 0 Å². The molecule has 5 heteroatoms. The molecule has 1 aromatic carbocycles. The number of halogens is 1. The highest BCUT2D eigenvalue weighted by Gasteiger charge is 2.15. The number of nitrogens with zero attached hydrogens (tertiary/aromatic N) is 1. The van der Waals surface area contributed by atoms with Crippen molar-refractivity contribution >= 4 is 11.5 Å². The molecular weight excluding hydrogens is 379 g/mol. The number of aromatic amines is 1. The van der Waals surface area contributed by atoms with Crippen LogP contribution in [0.3, 0.4) is 0 Å². The molecule has 0 aliphatic rings. The maximum atomic E-state index is 13.2. The van der Waals surface area contributed by atoms with Crippen LogP contribution < -0.4 is 0 Å². The second kappa shape index (κ2) is 13.3. The Morgan fingerprint density at radius 3 is 2.53 bits per heavy atom. The van der Waals surface area contributed by atoms with Crippen molar-refractivity contribution in [3.63, 3.8) is 0 Å². The van der Waals surface area contributed by atoms with Crippen molar-refractivity contribution in [2.75, 3.05) is 0 Å². The lowest BCUT2D eigenvalue weighted by molar-refractivity contribution is -0.149. The number of hydrogen-bond acceptors (Lipinski definition) is 3. The first-order valence-electron chi connectivity index (χ1n) is 10.3. The molecule has 2 rings (SSSR count). The molecule has 1 atom stereocenters. The molecule has 0 saturated carbocycles. The summed E-state index contributed by atoms with van der Waals surface area (Å²) in [7, 11) is 0. The Hall–Kier alpha value is -2.95. The van der Waals surface area contributed by atoms with E-state index >= 15 is 0 Å². The van der Waals surface area contributed by atoms with Gasteiger partial charge in [-0.15, -0.1) is 0 Å². The molecule has 0 radical (unpaired) electrons. The van der Waals surface area contributed by atoms with Gasteiger partial charge >= 0.3 is 5.97 Å². The second-order valence-corrected chi connectivity index (χ2v) is 6.92. The summed E-state index contributed by atoms with van der Waals surface area (Å²) < 4.78 is 18.5. The monoisotopic (exact) mass is 412 g/mol. The molecule has 0 aliphatic heterocycles. The van der Waals surface area contributed by atoms with Crippen LogP contribution in [-0.4, -0.2) is 16.2 Å². The van der Waals surface area contributed by atoms with Crippen molar-refractivity contribution in [3.8, 4) is 0 Å². The smallest absolute Gasteiger partial charge is 0.306 e. The van der Waals surface area contributed by atoms with E-state index in [0.717, 1.165) is 35.4 Å². The van der Waals surface area contributed by atoms with E-state index in [-0.39, 0.29) is 17.9 Å². The first-order chi connectivity index (χ1) is 14.4. The standard InChI is InChI=1S/C14H19FO2.C11H14N2/c1-4-6-13(17-14(16)5-2)11-7-8-12(15)10(3)9-11;1-4-6-10(7-5-2)11-8-9(3)12-13-11/h7-9,13H,4-6H2,1-3H3;4-8H,1H2,2-3H3,(H,12,13)/b;7-5-,10-6+. The predicted octanol–water partition coefficient (Wildman–Crippen LogP) is 6.79. The summed E-state index contributed by atoms with van der Waals surface area (Å²) in [5.41, 5.74) is 4.54. The van der Waals surface area contributed by atoms with Gasteiger partial charge < -0.3 is 4.74 Å².